The molecule has 8 heteroatoms. The molecule has 0 radical (unpaired) electrons. The molecule has 1 aliphatic carbocycles. The van der Waals surface area contributed by atoms with Crippen LogP contribution in [0.15, 0.2) is 10.9 Å². The second kappa shape index (κ2) is 7.99. The smallest absolute Gasteiger partial charge is 0.340 e. The Morgan fingerprint density at radius 2 is 2.13 bits per heavy atom. The molecule has 0 bridgehead atoms. The molecule has 5 rings (SSSR count). The Morgan fingerprint density at radius 3 is 2.87 bits per heavy atom. The molecule has 2 N–H and O–H groups in total. The molecule has 1 saturated heterocycles. The first-order valence-electron chi connectivity index (χ1n) is 11.5. The summed E-state index contributed by atoms with van der Waals surface area (Å²) in [5.74, 6) is 0.518. The summed E-state index contributed by atoms with van der Waals surface area (Å²) in [7, 11) is 4.12. The number of hydrogen-bond donors (Lipinski definition) is 2. The van der Waals surface area contributed by atoms with Crippen molar-refractivity contribution in [1.29, 1.82) is 0 Å². The molecule has 7 atom stereocenters. The van der Waals surface area contributed by atoms with E-state index in [1.54, 1.807) is 0 Å². The Bertz CT molecular complexity index is 929. The quantitative estimate of drug-likeness (QED) is 0.686. The fourth-order valence-corrected chi connectivity index (χ4v) is 6.40. The van der Waals surface area contributed by atoms with Gasteiger partial charge < -0.3 is 29.4 Å². The lowest BCUT2D eigenvalue weighted by atomic mass is 9.67. The summed E-state index contributed by atoms with van der Waals surface area (Å²) >= 11 is 0. The SMILES string of the molecule is CCOC1C(=O)OCc2c1cc1n(c2=O)CC2CC3C(CCC(O)C3CN(C)C)NC12. The third-order valence-electron chi connectivity index (χ3n) is 7.74. The van der Waals surface area contributed by atoms with Crippen molar-refractivity contribution in [3.05, 3.63) is 33.2 Å². The summed E-state index contributed by atoms with van der Waals surface area (Å²) in [5.41, 5.74) is 2.11. The van der Waals surface area contributed by atoms with Gasteiger partial charge in [-0.2, -0.15) is 0 Å². The van der Waals surface area contributed by atoms with E-state index >= 15 is 0 Å². The number of aliphatic hydroxyl groups excluding tert-OH is 1. The van der Waals surface area contributed by atoms with Gasteiger partial charge in [0.25, 0.3) is 5.56 Å². The first kappa shape index (κ1) is 21.1. The second-order valence-electron chi connectivity index (χ2n) is 9.84. The van der Waals surface area contributed by atoms with Gasteiger partial charge in [0, 0.05) is 42.9 Å². The summed E-state index contributed by atoms with van der Waals surface area (Å²) in [5, 5.41) is 14.5. The number of rotatable bonds is 4. The number of piperidine rings is 1. The lowest BCUT2D eigenvalue weighted by Crippen LogP contribution is -2.55. The molecule has 0 amide bonds. The lowest BCUT2D eigenvalue weighted by molar-refractivity contribution is -0.161. The highest BCUT2D eigenvalue weighted by Crippen LogP contribution is 2.47. The van der Waals surface area contributed by atoms with Gasteiger partial charge in [0.15, 0.2) is 6.10 Å². The van der Waals surface area contributed by atoms with E-state index in [-0.39, 0.29) is 30.2 Å². The average Bonchev–Trinajstić information content (AvgIpc) is 3.09. The van der Waals surface area contributed by atoms with Crippen molar-refractivity contribution in [2.24, 2.45) is 17.8 Å². The minimum Gasteiger partial charge on any atom is -0.458 e. The molecule has 0 aromatic carbocycles. The summed E-state index contributed by atoms with van der Waals surface area (Å²) < 4.78 is 12.8. The summed E-state index contributed by atoms with van der Waals surface area (Å²) in [6.07, 6.45) is 1.66. The molecule has 1 aromatic heterocycles. The first-order chi connectivity index (χ1) is 14.9. The highest BCUT2D eigenvalue weighted by Gasteiger charge is 2.49. The van der Waals surface area contributed by atoms with Crippen LogP contribution in [0.25, 0.3) is 0 Å². The van der Waals surface area contributed by atoms with Crippen LogP contribution >= 0.6 is 0 Å². The van der Waals surface area contributed by atoms with Crippen molar-refractivity contribution >= 4 is 5.97 Å². The molecule has 31 heavy (non-hydrogen) atoms. The predicted molar refractivity (Wildman–Crippen MR) is 113 cm³/mol. The van der Waals surface area contributed by atoms with Crippen LogP contribution in [0, 0.1) is 17.8 Å². The third-order valence-corrected chi connectivity index (χ3v) is 7.74. The topological polar surface area (TPSA) is 93.0 Å². The highest BCUT2D eigenvalue weighted by atomic mass is 16.6. The molecule has 4 heterocycles. The fourth-order valence-electron chi connectivity index (χ4n) is 6.40. The molecular weight excluding hydrogens is 398 g/mol. The monoisotopic (exact) mass is 431 g/mol. The van der Waals surface area contributed by atoms with E-state index in [1.807, 2.05) is 17.6 Å². The molecule has 1 saturated carbocycles. The van der Waals surface area contributed by atoms with Crippen LogP contribution in [0.2, 0.25) is 0 Å². The number of cyclic esters (lactones) is 1. The standard InChI is InChI=1S/C23H33N3O5/c1-4-30-21-14-8-18-20-12(9-26(18)22(28)16(14)11-31-23(21)29)7-13-15(10-25(2)3)19(27)6-5-17(13)24-20/h8,12-13,15,17,19-21,24,27H,4-7,9-11H2,1-3H3. The molecular formula is C23H33N3O5. The molecule has 1 aromatic rings. The average molecular weight is 432 g/mol. The van der Waals surface area contributed by atoms with E-state index in [0.717, 1.165) is 31.5 Å². The van der Waals surface area contributed by atoms with Gasteiger partial charge >= 0.3 is 5.97 Å². The van der Waals surface area contributed by atoms with Gasteiger partial charge in [-0.15, -0.1) is 0 Å². The van der Waals surface area contributed by atoms with E-state index < -0.39 is 12.1 Å². The van der Waals surface area contributed by atoms with Crippen LogP contribution in [0.4, 0.5) is 0 Å². The largest absolute Gasteiger partial charge is 0.458 e. The van der Waals surface area contributed by atoms with Crippen LogP contribution in [-0.4, -0.2) is 59.9 Å². The molecule has 170 valence electrons. The van der Waals surface area contributed by atoms with Gasteiger partial charge in [0.2, 0.25) is 0 Å². The molecule has 3 aliphatic heterocycles. The maximum atomic E-state index is 13.3. The van der Waals surface area contributed by atoms with Gasteiger partial charge in [-0.1, -0.05) is 0 Å². The van der Waals surface area contributed by atoms with Gasteiger partial charge in [-0.05, 0) is 58.2 Å². The number of aromatic nitrogens is 1. The number of hydrogen-bond acceptors (Lipinski definition) is 7. The number of aliphatic hydroxyl groups is 1. The molecule has 4 aliphatic rings. The Kier molecular flexibility index (Phi) is 5.45. The highest BCUT2D eigenvalue weighted by molar-refractivity contribution is 5.78. The summed E-state index contributed by atoms with van der Waals surface area (Å²) in [6, 6.07) is 2.43. The summed E-state index contributed by atoms with van der Waals surface area (Å²) in [6.45, 7) is 3.77. The van der Waals surface area contributed by atoms with E-state index in [4.69, 9.17) is 9.47 Å². The number of nitrogens with zero attached hydrogens (tertiary/aromatic N) is 2. The number of carbonyl (C=O) groups excluding carboxylic acids is 1. The van der Waals surface area contributed by atoms with E-state index in [2.05, 4.69) is 24.3 Å². The number of carbonyl (C=O) groups is 1. The maximum Gasteiger partial charge on any atom is 0.340 e. The Labute approximate surface area is 182 Å². The maximum absolute atomic E-state index is 13.3. The van der Waals surface area contributed by atoms with Crippen LogP contribution in [0.5, 0.6) is 0 Å². The minimum atomic E-state index is -0.822. The fraction of sp³-hybridized carbons (Fsp3) is 0.739. The van der Waals surface area contributed by atoms with Crippen LogP contribution in [0.3, 0.4) is 0 Å². The van der Waals surface area contributed by atoms with E-state index in [9.17, 15) is 14.7 Å². The summed E-state index contributed by atoms with van der Waals surface area (Å²) in [4.78, 5) is 27.8. The molecule has 7 unspecified atom stereocenters. The number of pyridine rings is 1. The minimum absolute atomic E-state index is 0.0158. The van der Waals surface area contributed by atoms with Crippen molar-refractivity contribution < 1.29 is 19.4 Å². The van der Waals surface area contributed by atoms with Crippen molar-refractivity contribution in [2.75, 3.05) is 27.2 Å². The van der Waals surface area contributed by atoms with Crippen molar-refractivity contribution in [3.8, 4) is 0 Å². The van der Waals surface area contributed by atoms with Gasteiger partial charge in [-0.25, -0.2) is 4.79 Å². The lowest BCUT2D eigenvalue weighted by Gasteiger charge is -2.48. The zero-order chi connectivity index (χ0) is 21.9. The normalized spacial score (nSPS) is 36.4. The van der Waals surface area contributed by atoms with Crippen LogP contribution < -0.4 is 10.9 Å². The first-order valence-corrected chi connectivity index (χ1v) is 11.5. The molecule has 2 fully saturated rings. The van der Waals surface area contributed by atoms with Gasteiger partial charge in [0.05, 0.1) is 17.7 Å². The van der Waals surface area contributed by atoms with Gasteiger partial charge in [0.1, 0.15) is 6.61 Å². The van der Waals surface area contributed by atoms with E-state index in [1.165, 1.54) is 0 Å². The third kappa shape index (κ3) is 3.44. The van der Waals surface area contributed by atoms with Crippen LogP contribution in [-0.2, 0) is 27.4 Å². The Hall–Kier alpha value is -1.74. The van der Waals surface area contributed by atoms with Crippen molar-refractivity contribution in [1.82, 2.24) is 14.8 Å². The van der Waals surface area contributed by atoms with Gasteiger partial charge in [-0.3, -0.25) is 4.79 Å². The molecule has 0 spiro atoms. The number of fused-ring (bicyclic) bond motifs is 5. The number of ether oxygens (including phenoxy) is 2. The van der Waals surface area contributed by atoms with Crippen molar-refractivity contribution in [2.45, 2.75) is 63.6 Å². The second-order valence-corrected chi connectivity index (χ2v) is 9.84. The zero-order valence-electron chi connectivity index (χ0n) is 18.5. The number of esters is 1. The number of nitrogens with one attached hydrogen (secondary N) is 1. The predicted octanol–water partition coefficient (Wildman–Crippen LogP) is 0.964. The zero-order valence-corrected chi connectivity index (χ0v) is 18.5. The Balaban J connectivity index is 1.48. The van der Waals surface area contributed by atoms with Crippen molar-refractivity contribution in [3.63, 3.8) is 0 Å². The Morgan fingerprint density at radius 1 is 1.32 bits per heavy atom. The van der Waals surface area contributed by atoms with Crippen LogP contribution in [0.1, 0.15) is 55.2 Å². The molecule has 8 nitrogen and oxygen atoms in total. The van der Waals surface area contributed by atoms with E-state index in [0.29, 0.717) is 42.2 Å².